The van der Waals surface area contributed by atoms with Gasteiger partial charge in [0.15, 0.2) is 0 Å². The summed E-state index contributed by atoms with van der Waals surface area (Å²) in [5, 5.41) is 0. The second-order valence-electron chi connectivity index (χ2n) is 5.22. The molecule has 0 aliphatic rings. The molecule has 2 nitrogen and oxygen atoms in total. The molecule has 2 heteroatoms. The van der Waals surface area contributed by atoms with Crippen LogP contribution in [0.3, 0.4) is 0 Å². The zero-order valence-corrected chi connectivity index (χ0v) is 12.2. The van der Waals surface area contributed by atoms with Crippen molar-refractivity contribution in [3.63, 3.8) is 0 Å². The first-order valence-corrected chi connectivity index (χ1v) is 6.87. The molecule has 0 aliphatic carbocycles. The summed E-state index contributed by atoms with van der Waals surface area (Å²) in [6, 6.07) is 0. The predicted molar refractivity (Wildman–Crippen MR) is 77.4 cm³/mol. The van der Waals surface area contributed by atoms with E-state index < -0.39 is 0 Å². The van der Waals surface area contributed by atoms with E-state index in [1.165, 1.54) is 18.9 Å². The van der Waals surface area contributed by atoms with Gasteiger partial charge in [0.05, 0.1) is 6.61 Å². The van der Waals surface area contributed by atoms with Crippen molar-refractivity contribution in [3.05, 3.63) is 24.8 Å². The zero-order valence-electron chi connectivity index (χ0n) is 12.2. The highest BCUT2D eigenvalue weighted by Gasteiger charge is 2.11. The first-order chi connectivity index (χ1) is 8.47. The summed E-state index contributed by atoms with van der Waals surface area (Å²) in [7, 11) is 0. The molecule has 0 N–H and O–H groups in total. The second kappa shape index (κ2) is 9.93. The van der Waals surface area contributed by atoms with Crippen LogP contribution in [0.25, 0.3) is 0 Å². The Morgan fingerprint density at radius 3 is 2.39 bits per heavy atom. The Morgan fingerprint density at radius 2 is 1.89 bits per heavy atom. The topological polar surface area (TPSA) is 26.3 Å². The number of carbonyl (C=O) groups excluding carboxylic acids is 1. The average Bonchev–Trinajstić information content (AvgIpc) is 2.28. The minimum absolute atomic E-state index is 0.187. The molecule has 0 saturated carbocycles. The molecule has 0 bridgehead atoms. The maximum Gasteiger partial charge on any atom is 0.302 e. The molecule has 18 heavy (non-hydrogen) atoms. The molecule has 1 unspecified atom stereocenters. The van der Waals surface area contributed by atoms with E-state index in [9.17, 15) is 4.79 Å². The van der Waals surface area contributed by atoms with Crippen molar-refractivity contribution in [2.45, 2.75) is 52.9 Å². The number of carbonyl (C=O) groups is 1. The van der Waals surface area contributed by atoms with Gasteiger partial charge in [-0.3, -0.25) is 4.79 Å². The van der Waals surface area contributed by atoms with Crippen molar-refractivity contribution >= 4 is 5.97 Å². The standard InChI is InChI=1S/C16H28O2/c1-6-7-8-16(13(2)3)10-9-14(4)11-12-18-15(5)17/h6,14,16H,1-2,7-12H2,3-5H3/t14-,16?/m0/s1. The van der Waals surface area contributed by atoms with Crippen LogP contribution >= 0.6 is 0 Å². The van der Waals surface area contributed by atoms with E-state index in [-0.39, 0.29) is 5.97 Å². The Hall–Kier alpha value is -1.05. The van der Waals surface area contributed by atoms with Crippen LogP contribution in [0.4, 0.5) is 0 Å². The van der Waals surface area contributed by atoms with Crippen LogP contribution in [0.1, 0.15) is 52.9 Å². The SMILES string of the molecule is C=CCCC(CC[C@H](C)CCOC(C)=O)C(=C)C. The number of ether oxygens (including phenoxy) is 1. The summed E-state index contributed by atoms with van der Waals surface area (Å²) >= 11 is 0. The molecular formula is C16H28O2. The Bertz CT molecular complexity index is 268. The van der Waals surface area contributed by atoms with Crippen molar-refractivity contribution in [2.75, 3.05) is 6.61 Å². The summed E-state index contributed by atoms with van der Waals surface area (Å²) < 4.78 is 4.96. The van der Waals surface area contributed by atoms with Gasteiger partial charge in [0.2, 0.25) is 0 Å². The van der Waals surface area contributed by atoms with Gasteiger partial charge in [-0.1, -0.05) is 31.6 Å². The lowest BCUT2D eigenvalue weighted by Gasteiger charge is -2.19. The molecule has 2 atom stereocenters. The quantitative estimate of drug-likeness (QED) is 0.422. The van der Waals surface area contributed by atoms with Crippen LogP contribution in [0.2, 0.25) is 0 Å². The van der Waals surface area contributed by atoms with Gasteiger partial charge in [-0.15, -0.1) is 6.58 Å². The van der Waals surface area contributed by atoms with Gasteiger partial charge >= 0.3 is 5.97 Å². The smallest absolute Gasteiger partial charge is 0.302 e. The van der Waals surface area contributed by atoms with Crippen LogP contribution in [0, 0.1) is 11.8 Å². The average molecular weight is 252 g/mol. The third kappa shape index (κ3) is 9.03. The van der Waals surface area contributed by atoms with E-state index in [0.29, 0.717) is 18.4 Å². The molecule has 104 valence electrons. The minimum atomic E-state index is -0.187. The van der Waals surface area contributed by atoms with E-state index in [2.05, 4.69) is 27.0 Å². The van der Waals surface area contributed by atoms with Crippen LogP contribution < -0.4 is 0 Å². The number of hydrogen-bond acceptors (Lipinski definition) is 2. The fourth-order valence-electron chi connectivity index (χ4n) is 1.99. The number of esters is 1. The zero-order chi connectivity index (χ0) is 14.0. The Kier molecular flexibility index (Phi) is 9.35. The van der Waals surface area contributed by atoms with Crippen molar-refractivity contribution < 1.29 is 9.53 Å². The lowest BCUT2D eigenvalue weighted by atomic mass is 9.88. The third-order valence-electron chi connectivity index (χ3n) is 3.34. The number of allylic oxidation sites excluding steroid dienone is 2. The molecule has 0 fully saturated rings. The third-order valence-corrected chi connectivity index (χ3v) is 3.34. The molecule has 0 spiro atoms. The van der Waals surface area contributed by atoms with Crippen molar-refractivity contribution in [1.82, 2.24) is 0 Å². The van der Waals surface area contributed by atoms with Crippen LogP contribution in [-0.4, -0.2) is 12.6 Å². The Labute approximate surface area is 112 Å². The van der Waals surface area contributed by atoms with Gasteiger partial charge < -0.3 is 4.74 Å². The summed E-state index contributed by atoms with van der Waals surface area (Å²) in [6.45, 7) is 14.2. The summed E-state index contributed by atoms with van der Waals surface area (Å²) in [5.41, 5.74) is 1.27. The second-order valence-corrected chi connectivity index (χ2v) is 5.22. The highest BCUT2D eigenvalue weighted by atomic mass is 16.5. The Morgan fingerprint density at radius 1 is 1.22 bits per heavy atom. The lowest BCUT2D eigenvalue weighted by molar-refractivity contribution is -0.141. The predicted octanol–water partition coefficient (Wildman–Crippen LogP) is 4.51. The largest absolute Gasteiger partial charge is 0.466 e. The Balaban J connectivity index is 3.84. The molecule has 0 rings (SSSR count). The first-order valence-electron chi connectivity index (χ1n) is 6.87. The molecule has 0 radical (unpaired) electrons. The molecule has 0 heterocycles. The van der Waals surface area contributed by atoms with E-state index in [1.807, 2.05) is 6.08 Å². The molecule has 0 aromatic heterocycles. The maximum atomic E-state index is 10.7. The van der Waals surface area contributed by atoms with E-state index in [4.69, 9.17) is 4.74 Å². The molecule has 0 amide bonds. The molecule has 0 saturated heterocycles. The first kappa shape index (κ1) is 16.9. The van der Waals surface area contributed by atoms with Gasteiger partial charge in [-0.25, -0.2) is 0 Å². The van der Waals surface area contributed by atoms with Gasteiger partial charge in [0.25, 0.3) is 0 Å². The maximum absolute atomic E-state index is 10.7. The summed E-state index contributed by atoms with van der Waals surface area (Å²) in [4.78, 5) is 10.7. The van der Waals surface area contributed by atoms with Crippen molar-refractivity contribution in [3.8, 4) is 0 Å². The van der Waals surface area contributed by atoms with Gasteiger partial charge in [0.1, 0.15) is 0 Å². The monoisotopic (exact) mass is 252 g/mol. The summed E-state index contributed by atoms with van der Waals surface area (Å²) in [5.74, 6) is 1.00. The van der Waals surface area contributed by atoms with E-state index >= 15 is 0 Å². The molecular weight excluding hydrogens is 224 g/mol. The number of hydrogen-bond donors (Lipinski definition) is 0. The van der Waals surface area contributed by atoms with Gasteiger partial charge in [-0.2, -0.15) is 0 Å². The molecule has 0 aromatic rings. The highest BCUT2D eigenvalue weighted by Crippen LogP contribution is 2.24. The molecule has 0 aliphatic heterocycles. The van der Waals surface area contributed by atoms with E-state index in [1.54, 1.807) is 0 Å². The van der Waals surface area contributed by atoms with Crippen molar-refractivity contribution in [2.24, 2.45) is 11.8 Å². The normalized spacial score (nSPS) is 13.7. The van der Waals surface area contributed by atoms with Crippen LogP contribution in [-0.2, 0) is 9.53 Å². The van der Waals surface area contributed by atoms with Crippen LogP contribution in [0.5, 0.6) is 0 Å². The number of rotatable bonds is 10. The fraction of sp³-hybridized carbons (Fsp3) is 0.688. The summed E-state index contributed by atoms with van der Waals surface area (Å²) in [6.07, 6.45) is 7.46. The van der Waals surface area contributed by atoms with Gasteiger partial charge in [0, 0.05) is 6.92 Å². The lowest BCUT2D eigenvalue weighted by Crippen LogP contribution is -2.08. The fourth-order valence-corrected chi connectivity index (χ4v) is 1.99. The molecule has 0 aromatic carbocycles. The highest BCUT2D eigenvalue weighted by molar-refractivity contribution is 5.65. The van der Waals surface area contributed by atoms with E-state index in [0.717, 1.165) is 25.7 Å². The van der Waals surface area contributed by atoms with Crippen molar-refractivity contribution in [1.29, 1.82) is 0 Å². The minimum Gasteiger partial charge on any atom is -0.466 e. The van der Waals surface area contributed by atoms with Crippen LogP contribution in [0.15, 0.2) is 24.8 Å². The van der Waals surface area contributed by atoms with Gasteiger partial charge in [-0.05, 0) is 44.4 Å².